The molecule has 2 heterocycles. The molecule has 1 aliphatic heterocycles. The van der Waals surface area contributed by atoms with Crippen LogP contribution in [0.15, 0.2) is 53.8 Å². The Labute approximate surface area is 181 Å². The van der Waals surface area contributed by atoms with Crippen LogP contribution in [0.5, 0.6) is 11.5 Å². The van der Waals surface area contributed by atoms with Gasteiger partial charge in [-0.1, -0.05) is 24.3 Å². The Hall–Kier alpha value is -3.36. The molecule has 8 heteroatoms. The molecule has 162 valence electrons. The highest BCUT2D eigenvalue weighted by atomic mass is 16.5. The van der Waals surface area contributed by atoms with Crippen molar-refractivity contribution in [3.63, 3.8) is 0 Å². The summed E-state index contributed by atoms with van der Waals surface area (Å²) in [5.41, 5.74) is 11.8. The van der Waals surface area contributed by atoms with Gasteiger partial charge >= 0.3 is 0 Å². The van der Waals surface area contributed by atoms with Crippen molar-refractivity contribution in [2.75, 3.05) is 7.11 Å². The molecule has 4 N–H and O–H groups in total. The van der Waals surface area contributed by atoms with E-state index in [-0.39, 0.29) is 18.1 Å². The van der Waals surface area contributed by atoms with Crippen molar-refractivity contribution in [2.24, 2.45) is 5.10 Å². The van der Waals surface area contributed by atoms with E-state index in [9.17, 15) is 4.79 Å². The first-order chi connectivity index (χ1) is 15.0. The maximum absolute atomic E-state index is 12.5. The third kappa shape index (κ3) is 4.70. The summed E-state index contributed by atoms with van der Waals surface area (Å²) in [5.74, 6) is 1.18. The Morgan fingerprint density at radius 1 is 1.19 bits per heavy atom. The van der Waals surface area contributed by atoms with E-state index in [0.717, 1.165) is 22.0 Å². The van der Waals surface area contributed by atoms with Gasteiger partial charge in [0.2, 0.25) is 0 Å². The highest BCUT2D eigenvalue weighted by Gasteiger charge is 2.30. The smallest absolute Gasteiger partial charge is 0.258 e. The van der Waals surface area contributed by atoms with Crippen LogP contribution >= 0.6 is 0 Å². The van der Waals surface area contributed by atoms with Gasteiger partial charge in [-0.05, 0) is 44.0 Å². The summed E-state index contributed by atoms with van der Waals surface area (Å²) in [6, 6.07) is 13.3. The van der Waals surface area contributed by atoms with E-state index in [0.29, 0.717) is 17.9 Å². The van der Waals surface area contributed by atoms with E-state index in [1.807, 2.05) is 62.5 Å². The van der Waals surface area contributed by atoms with Crippen molar-refractivity contribution in [1.82, 2.24) is 21.3 Å². The number of hydrogen-bond donors (Lipinski definition) is 4. The molecule has 1 fully saturated rings. The first kappa shape index (κ1) is 20.9. The van der Waals surface area contributed by atoms with Gasteiger partial charge in [0.05, 0.1) is 19.4 Å². The van der Waals surface area contributed by atoms with Crippen LogP contribution in [0.4, 0.5) is 0 Å². The minimum absolute atomic E-state index is 0.0321. The average molecular weight is 422 g/mol. The minimum atomic E-state index is -0.400. The number of rotatable bonds is 7. The molecule has 31 heavy (non-hydrogen) atoms. The molecule has 0 radical (unpaired) electrons. The fourth-order valence-corrected chi connectivity index (χ4v) is 3.64. The molecule has 3 aromatic rings. The fourth-order valence-electron chi connectivity index (χ4n) is 3.64. The lowest BCUT2D eigenvalue weighted by Crippen LogP contribution is -2.41. The van der Waals surface area contributed by atoms with Crippen molar-refractivity contribution in [1.29, 1.82) is 0 Å². The number of aromatic nitrogens is 1. The lowest BCUT2D eigenvalue weighted by atomic mass is 10.0. The average Bonchev–Trinajstić information content (AvgIpc) is 3.41. The van der Waals surface area contributed by atoms with Crippen molar-refractivity contribution in [3.8, 4) is 11.5 Å². The number of hydrazine groups is 1. The number of carbonyl (C=O) groups is 1. The van der Waals surface area contributed by atoms with Gasteiger partial charge in [0.15, 0.2) is 11.5 Å². The van der Waals surface area contributed by atoms with Gasteiger partial charge in [-0.25, -0.2) is 16.3 Å². The van der Waals surface area contributed by atoms with Gasteiger partial charge in [0.1, 0.15) is 6.04 Å². The highest BCUT2D eigenvalue weighted by Crippen LogP contribution is 2.33. The van der Waals surface area contributed by atoms with Crippen LogP contribution in [0, 0.1) is 0 Å². The molecule has 0 aliphatic carbocycles. The fraction of sp³-hybridized carbons (Fsp3) is 0.304. The third-order valence-corrected chi connectivity index (χ3v) is 5.17. The number of H-pyrrole nitrogens is 1. The molecule has 1 amide bonds. The largest absolute Gasteiger partial charge is 0.493 e. The molecule has 0 saturated carbocycles. The molecule has 0 spiro atoms. The van der Waals surface area contributed by atoms with E-state index in [1.54, 1.807) is 13.3 Å². The van der Waals surface area contributed by atoms with E-state index in [4.69, 9.17) is 9.47 Å². The SMILES string of the molecule is COc1cc(C2CC(C(=O)N/N=C/c3c[nH]c4ccccc34)NN2)ccc1OC(C)C. The summed E-state index contributed by atoms with van der Waals surface area (Å²) < 4.78 is 11.2. The van der Waals surface area contributed by atoms with Crippen molar-refractivity contribution in [3.05, 3.63) is 59.8 Å². The van der Waals surface area contributed by atoms with Gasteiger partial charge in [0.25, 0.3) is 5.91 Å². The molecule has 0 bridgehead atoms. The number of nitrogens with one attached hydrogen (secondary N) is 4. The Morgan fingerprint density at radius 2 is 2.03 bits per heavy atom. The lowest BCUT2D eigenvalue weighted by molar-refractivity contribution is -0.122. The minimum Gasteiger partial charge on any atom is -0.493 e. The van der Waals surface area contributed by atoms with Crippen LogP contribution in [0.3, 0.4) is 0 Å². The number of hydrogen-bond acceptors (Lipinski definition) is 6. The van der Waals surface area contributed by atoms with Gasteiger partial charge in [-0.3, -0.25) is 4.79 Å². The zero-order valence-electron chi connectivity index (χ0n) is 17.8. The standard InChI is InChI=1S/C23H27N5O3/c1-14(2)31-21-9-8-15(10-22(21)30-3)19-11-20(27-26-19)23(29)28-25-13-16-12-24-18-7-5-4-6-17(16)18/h4-10,12-14,19-20,24,26-27H,11H2,1-3H3,(H,28,29)/b25-13+. The van der Waals surface area contributed by atoms with E-state index >= 15 is 0 Å². The number of fused-ring (bicyclic) bond motifs is 1. The first-order valence-corrected chi connectivity index (χ1v) is 10.3. The van der Waals surface area contributed by atoms with Crippen LogP contribution < -0.4 is 25.8 Å². The summed E-state index contributed by atoms with van der Waals surface area (Å²) in [6.45, 7) is 3.94. The number of hydrazone groups is 1. The maximum Gasteiger partial charge on any atom is 0.258 e. The highest BCUT2D eigenvalue weighted by molar-refractivity contribution is 5.99. The first-order valence-electron chi connectivity index (χ1n) is 10.3. The Morgan fingerprint density at radius 3 is 2.84 bits per heavy atom. The lowest BCUT2D eigenvalue weighted by Gasteiger charge is -2.16. The monoisotopic (exact) mass is 421 g/mol. The number of benzene rings is 2. The van der Waals surface area contributed by atoms with Gasteiger partial charge in [-0.15, -0.1) is 0 Å². The summed E-state index contributed by atoms with van der Waals surface area (Å²) in [7, 11) is 1.62. The van der Waals surface area contributed by atoms with Crippen molar-refractivity contribution >= 4 is 23.0 Å². The summed E-state index contributed by atoms with van der Waals surface area (Å²) in [5, 5.41) is 5.18. The second-order valence-corrected chi connectivity index (χ2v) is 7.73. The molecular weight excluding hydrogens is 394 g/mol. The Bertz CT molecular complexity index is 1090. The Balaban J connectivity index is 1.36. The quantitative estimate of drug-likeness (QED) is 0.347. The number of amides is 1. The van der Waals surface area contributed by atoms with E-state index in [2.05, 4.69) is 26.4 Å². The molecule has 1 saturated heterocycles. The van der Waals surface area contributed by atoms with Crippen LogP contribution in [0.2, 0.25) is 0 Å². The zero-order valence-corrected chi connectivity index (χ0v) is 17.8. The third-order valence-electron chi connectivity index (χ3n) is 5.17. The van der Waals surface area contributed by atoms with E-state index < -0.39 is 6.04 Å². The Kier molecular flexibility index (Phi) is 6.20. The molecule has 1 aliphatic rings. The van der Waals surface area contributed by atoms with E-state index in [1.165, 1.54) is 0 Å². The number of methoxy groups -OCH3 is 1. The van der Waals surface area contributed by atoms with Crippen LogP contribution in [-0.2, 0) is 4.79 Å². The van der Waals surface area contributed by atoms with Gasteiger partial charge in [-0.2, -0.15) is 5.10 Å². The normalized spacial score (nSPS) is 18.7. The zero-order chi connectivity index (χ0) is 21.8. The van der Waals surface area contributed by atoms with Crippen LogP contribution in [-0.4, -0.2) is 36.4 Å². The molecule has 2 atom stereocenters. The van der Waals surface area contributed by atoms with Gasteiger partial charge < -0.3 is 14.5 Å². The van der Waals surface area contributed by atoms with Gasteiger partial charge in [0, 0.05) is 28.7 Å². The summed E-state index contributed by atoms with van der Waals surface area (Å²) in [6.07, 6.45) is 4.16. The molecule has 2 aromatic carbocycles. The molecule has 2 unspecified atom stereocenters. The predicted molar refractivity (Wildman–Crippen MR) is 120 cm³/mol. The molecule has 8 nitrogen and oxygen atoms in total. The maximum atomic E-state index is 12.5. The molecule has 1 aromatic heterocycles. The topological polar surface area (TPSA) is 99.8 Å². The summed E-state index contributed by atoms with van der Waals surface area (Å²) >= 11 is 0. The predicted octanol–water partition coefficient (Wildman–Crippen LogP) is 3.02. The number of carbonyl (C=O) groups excluding carboxylic acids is 1. The second-order valence-electron chi connectivity index (χ2n) is 7.73. The number of ether oxygens (including phenoxy) is 2. The van der Waals surface area contributed by atoms with Crippen molar-refractivity contribution < 1.29 is 14.3 Å². The van der Waals surface area contributed by atoms with Crippen molar-refractivity contribution in [2.45, 2.75) is 38.5 Å². The number of aromatic amines is 1. The second kappa shape index (κ2) is 9.20. The molecular formula is C23H27N5O3. The van der Waals surface area contributed by atoms with Crippen LogP contribution in [0.1, 0.15) is 37.4 Å². The number of nitrogens with zero attached hydrogens (tertiary/aromatic N) is 1. The summed E-state index contributed by atoms with van der Waals surface area (Å²) in [4.78, 5) is 15.7. The van der Waals surface area contributed by atoms with Crippen LogP contribution in [0.25, 0.3) is 10.9 Å². The molecule has 4 rings (SSSR count). The number of para-hydroxylation sites is 1.